The van der Waals surface area contributed by atoms with Crippen molar-refractivity contribution in [1.82, 2.24) is 9.47 Å². The number of thiol groups is 1. The van der Waals surface area contributed by atoms with Crippen LogP contribution in [0.3, 0.4) is 0 Å². The summed E-state index contributed by atoms with van der Waals surface area (Å²) in [5.41, 5.74) is 1.55. The smallest absolute Gasteiger partial charge is 0.329 e. The number of halogens is 3. The summed E-state index contributed by atoms with van der Waals surface area (Å²) in [5, 5.41) is -0.361. The molecule has 1 aromatic heterocycles. The fourth-order valence-corrected chi connectivity index (χ4v) is 7.25. The van der Waals surface area contributed by atoms with Crippen LogP contribution in [0.4, 0.5) is 18.9 Å². The molecule has 196 valence electrons. The van der Waals surface area contributed by atoms with E-state index >= 15 is 0 Å². The van der Waals surface area contributed by atoms with Crippen molar-refractivity contribution in [3.63, 3.8) is 0 Å². The standard InChI is InChI=1S/C26H27F3N4O2S2/c1-16-21-20(22(36)31(4)24-30-25(2,3)15-33(21)24)23(37(34,35)19-8-6-5-7-9-19)32(16)14-17-10-12-18(13-11-17)26(27,28)29/h5-13,22H,14-15H2,1-4H3,(H-,34,35,36)/p+1. The largest absolute Gasteiger partial charge is 0.416 e. The number of guanidine groups is 1. The maximum absolute atomic E-state index is 14.2. The van der Waals surface area contributed by atoms with Gasteiger partial charge in [0.2, 0.25) is 5.96 Å². The Hall–Kier alpha value is -2.76. The van der Waals surface area contributed by atoms with Crippen molar-refractivity contribution in [2.75, 3.05) is 18.5 Å². The highest BCUT2D eigenvalue weighted by atomic mass is 32.3. The zero-order valence-corrected chi connectivity index (χ0v) is 22.5. The van der Waals surface area contributed by atoms with Gasteiger partial charge < -0.3 is 9.80 Å². The monoisotopic (exact) mass is 549 g/mol. The highest BCUT2D eigenvalue weighted by molar-refractivity contribution is 7.97. The number of rotatable bonds is 4. The molecule has 2 aromatic carbocycles. The van der Waals surface area contributed by atoms with E-state index in [1.54, 1.807) is 34.9 Å². The maximum atomic E-state index is 14.2. The van der Waals surface area contributed by atoms with E-state index in [0.29, 0.717) is 17.7 Å². The molecule has 37 heavy (non-hydrogen) atoms. The van der Waals surface area contributed by atoms with Gasteiger partial charge >= 0.3 is 6.18 Å². The van der Waals surface area contributed by atoms with E-state index in [1.807, 2.05) is 37.6 Å². The van der Waals surface area contributed by atoms with Crippen LogP contribution in [0.1, 0.15) is 41.6 Å². The van der Waals surface area contributed by atoms with Gasteiger partial charge in [-0.1, -0.05) is 34.5 Å². The van der Waals surface area contributed by atoms with Gasteiger partial charge in [-0.05, 0) is 50.6 Å². The minimum absolute atomic E-state index is 0.116. The molecular formula is C26H28F3N4O2S2+. The summed E-state index contributed by atoms with van der Waals surface area (Å²) in [4.78, 5) is 9.03. The Morgan fingerprint density at radius 3 is 2.35 bits per heavy atom. The van der Waals surface area contributed by atoms with Crippen LogP contribution in [0.5, 0.6) is 0 Å². The fraction of sp³-hybridized carbons (Fsp3) is 0.346. The Labute approximate surface area is 220 Å². The zero-order valence-electron chi connectivity index (χ0n) is 20.8. The van der Waals surface area contributed by atoms with Crippen LogP contribution in [0.2, 0.25) is 0 Å². The lowest BCUT2D eigenvalue weighted by atomic mass is 10.1. The van der Waals surface area contributed by atoms with E-state index in [4.69, 9.17) is 17.6 Å². The molecule has 0 saturated carbocycles. The molecule has 6 nitrogen and oxygen atoms in total. The first-order valence-corrected chi connectivity index (χ1v) is 13.7. The number of hydrogen-bond donors (Lipinski definition) is 2. The van der Waals surface area contributed by atoms with Crippen molar-refractivity contribution in [3.05, 3.63) is 77.0 Å². The van der Waals surface area contributed by atoms with Crippen LogP contribution < -0.4 is 4.90 Å². The minimum atomic E-state index is -4.44. The lowest BCUT2D eigenvalue weighted by Crippen LogP contribution is -2.46. The first-order valence-electron chi connectivity index (χ1n) is 11.7. The second kappa shape index (κ2) is 8.64. The Balaban J connectivity index is 1.73. The van der Waals surface area contributed by atoms with Gasteiger partial charge in [0.05, 0.1) is 35.4 Å². The number of nitrogens with zero attached hydrogens (tertiary/aromatic N) is 4. The van der Waals surface area contributed by atoms with Crippen LogP contribution in [0.15, 0.2) is 69.5 Å². The van der Waals surface area contributed by atoms with E-state index in [1.165, 1.54) is 12.1 Å². The summed E-state index contributed by atoms with van der Waals surface area (Å²) in [6.07, 6.45) is -4.44. The van der Waals surface area contributed by atoms with Crippen molar-refractivity contribution < 1.29 is 21.9 Å². The summed E-state index contributed by atoms with van der Waals surface area (Å²) in [6, 6.07) is 13.2. The Bertz CT molecular complexity index is 1430. The number of benzene rings is 2. The van der Waals surface area contributed by atoms with E-state index in [2.05, 4.69) is 0 Å². The molecule has 2 atom stereocenters. The van der Waals surface area contributed by atoms with Gasteiger partial charge in [0, 0.05) is 12.7 Å². The van der Waals surface area contributed by atoms with Crippen molar-refractivity contribution in [1.29, 1.82) is 0 Å². The molecule has 0 aliphatic carbocycles. The summed E-state index contributed by atoms with van der Waals surface area (Å²) in [5.74, 6) is 0.725. The molecular weight excluding hydrogens is 521 g/mol. The molecule has 0 radical (unpaired) electrons. The summed E-state index contributed by atoms with van der Waals surface area (Å²) in [6.45, 7) is 6.59. The van der Waals surface area contributed by atoms with Crippen LogP contribution >= 0.6 is 12.6 Å². The predicted molar refractivity (Wildman–Crippen MR) is 142 cm³/mol. The van der Waals surface area contributed by atoms with Crippen LogP contribution in [0.25, 0.3) is 0 Å². The van der Waals surface area contributed by atoms with E-state index < -0.39 is 27.3 Å². The van der Waals surface area contributed by atoms with Crippen molar-refractivity contribution in [2.24, 2.45) is 4.99 Å². The topological polar surface area (TPSA) is 61.1 Å². The average molecular weight is 550 g/mol. The molecule has 0 fully saturated rings. The summed E-state index contributed by atoms with van der Waals surface area (Å²) < 4.78 is 67.0. The van der Waals surface area contributed by atoms with E-state index in [-0.39, 0.29) is 22.0 Å². The molecule has 5 rings (SSSR count). The van der Waals surface area contributed by atoms with Crippen molar-refractivity contribution in [3.8, 4) is 0 Å². The van der Waals surface area contributed by atoms with Crippen LogP contribution in [-0.2, 0) is 27.1 Å². The normalized spacial score (nSPS) is 20.4. The summed E-state index contributed by atoms with van der Waals surface area (Å²) >= 11 is 4.86. The number of fused-ring (bicyclic) bond motifs is 3. The van der Waals surface area contributed by atoms with Gasteiger partial charge in [-0.3, -0.25) is 4.57 Å². The quantitative estimate of drug-likeness (QED) is 0.306. The molecule has 1 N–H and O–H groups in total. The Morgan fingerprint density at radius 1 is 1.14 bits per heavy atom. The maximum Gasteiger partial charge on any atom is 0.416 e. The molecule has 3 aromatic rings. The second-order valence-corrected chi connectivity index (χ2v) is 12.5. The van der Waals surface area contributed by atoms with Crippen molar-refractivity contribution >= 4 is 34.5 Å². The zero-order chi connectivity index (χ0) is 26.9. The van der Waals surface area contributed by atoms with Gasteiger partial charge in [0.1, 0.15) is 5.37 Å². The van der Waals surface area contributed by atoms with Gasteiger partial charge in [0.25, 0.3) is 15.2 Å². The average Bonchev–Trinajstić information content (AvgIpc) is 3.31. The SMILES string of the molecule is Cc1c2c(c([S+](=O)(O)c3ccccc3)n1Cc1ccc(C(F)(F)F)cc1)C(S)N(C)C1=NC(C)(C)CN12. The fourth-order valence-electron chi connectivity index (χ4n) is 5.06. The number of hydrogen-bond acceptors (Lipinski definition) is 5. The summed E-state index contributed by atoms with van der Waals surface area (Å²) in [7, 11) is -1.92. The molecule has 3 heterocycles. The van der Waals surface area contributed by atoms with Gasteiger partial charge in [-0.2, -0.15) is 17.7 Å². The third-order valence-electron chi connectivity index (χ3n) is 6.82. The highest BCUT2D eigenvalue weighted by Gasteiger charge is 2.51. The molecule has 0 spiro atoms. The second-order valence-electron chi connectivity index (χ2n) is 10.1. The Kier molecular flexibility index (Phi) is 6.04. The van der Waals surface area contributed by atoms with E-state index in [9.17, 15) is 21.9 Å². The number of aliphatic imine (C=N–C) groups is 1. The van der Waals surface area contributed by atoms with Gasteiger partial charge in [-0.15, -0.1) is 12.6 Å². The van der Waals surface area contributed by atoms with Crippen LogP contribution in [-0.4, -0.2) is 39.1 Å². The number of alkyl halides is 3. The first-order chi connectivity index (χ1) is 17.2. The molecule has 0 saturated heterocycles. The Morgan fingerprint density at radius 2 is 1.76 bits per heavy atom. The molecule has 2 unspecified atom stereocenters. The molecule has 0 amide bonds. The van der Waals surface area contributed by atoms with Crippen LogP contribution in [0, 0.1) is 6.92 Å². The molecule has 2 aliphatic rings. The van der Waals surface area contributed by atoms with Gasteiger partial charge in [0.15, 0.2) is 4.90 Å². The van der Waals surface area contributed by atoms with Crippen molar-refractivity contribution in [2.45, 2.75) is 54.3 Å². The highest BCUT2D eigenvalue weighted by Crippen LogP contribution is 2.50. The minimum Gasteiger partial charge on any atom is -0.329 e. The third kappa shape index (κ3) is 4.26. The third-order valence-corrected chi connectivity index (χ3v) is 9.30. The lowest BCUT2D eigenvalue weighted by Gasteiger charge is -2.37. The van der Waals surface area contributed by atoms with Gasteiger partial charge in [-0.25, -0.2) is 4.99 Å². The molecule has 2 aliphatic heterocycles. The number of anilines is 1. The predicted octanol–water partition coefficient (Wildman–Crippen LogP) is 6.08. The number of aromatic nitrogens is 1. The lowest BCUT2D eigenvalue weighted by molar-refractivity contribution is -0.137. The van der Waals surface area contributed by atoms with E-state index in [0.717, 1.165) is 29.5 Å². The molecule has 11 heteroatoms. The first kappa shape index (κ1) is 25.9. The molecule has 0 bridgehead atoms.